The number of fused-ring (bicyclic) bond motifs is 1. The van der Waals surface area contributed by atoms with Crippen molar-refractivity contribution in [2.45, 2.75) is 0 Å². The molecule has 0 bridgehead atoms. The number of nitrogen functional groups attached to an aromatic ring is 1. The van der Waals surface area contributed by atoms with E-state index in [4.69, 9.17) is 5.73 Å². The van der Waals surface area contributed by atoms with Gasteiger partial charge in [0.1, 0.15) is 5.82 Å². The van der Waals surface area contributed by atoms with E-state index in [9.17, 15) is 4.79 Å². The number of nitrogens with two attached hydrogens (primary N) is 1. The third-order valence-electron chi connectivity index (χ3n) is 1.63. The van der Waals surface area contributed by atoms with Crippen LogP contribution in [0.15, 0.2) is 12.1 Å². The molecule has 2 heterocycles. The number of thiazole rings is 1. The molecular formula is C8H7N3O2S. The molecule has 2 rings (SSSR count). The standard InChI is InChI=1S/C8H7N3O2S/c1-13-8(12)7-11-6-4(14-7)2-3-5(9)10-6/h2-3H,1H3,(H2,9,10). The molecule has 0 atom stereocenters. The maximum atomic E-state index is 11.1. The molecule has 0 saturated carbocycles. The highest BCUT2D eigenvalue weighted by atomic mass is 32.1. The van der Waals surface area contributed by atoms with E-state index in [-0.39, 0.29) is 0 Å². The van der Waals surface area contributed by atoms with Crippen LogP contribution >= 0.6 is 11.3 Å². The van der Waals surface area contributed by atoms with Gasteiger partial charge >= 0.3 is 5.97 Å². The number of pyridine rings is 1. The van der Waals surface area contributed by atoms with Crippen LogP contribution in [0.3, 0.4) is 0 Å². The van der Waals surface area contributed by atoms with Crippen LogP contribution < -0.4 is 5.73 Å². The first-order chi connectivity index (χ1) is 6.70. The Morgan fingerprint density at radius 1 is 1.50 bits per heavy atom. The minimum Gasteiger partial charge on any atom is -0.464 e. The lowest BCUT2D eigenvalue weighted by atomic mass is 10.4. The Morgan fingerprint density at radius 3 is 3.00 bits per heavy atom. The van der Waals surface area contributed by atoms with Crippen molar-refractivity contribution in [2.24, 2.45) is 0 Å². The Morgan fingerprint density at radius 2 is 2.29 bits per heavy atom. The van der Waals surface area contributed by atoms with Gasteiger partial charge in [-0.2, -0.15) is 0 Å². The second-order valence-corrected chi connectivity index (χ2v) is 3.60. The zero-order chi connectivity index (χ0) is 10.1. The van der Waals surface area contributed by atoms with Crippen LogP contribution in [-0.2, 0) is 4.74 Å². The number of anilines is 1. The normalized spacial score (nSPS) is 10.4. The van der Waals surface area contributed by atoms with E-state index < -0.39 is 5.97 Å². The predicted molar refractivity (Wildman–Crippen MR) is 53.2 cm³/mol. The largest absolute Gasteiger partial charge is 0.464 e. The average molecular weight is 209 g/mol. The predicted octanol–water partition coefficient (Wildman–Crippen LogP) is 1.06. The second kappa shape index (κ2) is 3.22. The Balaban J connectivity index is 2.56. The van der Waals surface area contributed by atoms with Crippen molar-refractivity contribution in [1.29, 1.82) is 0 Å². The van der Waals surface area contributed by atoms with Crippen molar-refractivity contribution in [3.63, 3.8) is 0 Å². The Kier molecular flexibility index (Phi) is 2.05. The lowest BCUT2D eigenvalue weighted by molar-refractivity contribution is 0.0600. The smallest absolute Gasteiger partial charge is 0.367 e. The molecule has 6 heteroatoms. The molecule has 2 aromatic heterocycles. The number of methoxy groups -OCH3 is 1. The van der Waals surface area contributed by atoms with Gasteiger partial charge in [-0.15, -0.1) is 11.3 Å². The van der Waals surface area contributed by atoms with Gasteiger partial charge in [-0.3, -0.25) is 0 Å². The van der Waals surface area contributed by atoms with Gasteiger partial charge < -0.3 is 10.5 Å². The first-order valence-electron chi connectivity index (χ1n) is 3.82. The molecule has 0 aliphatic rings. The summed E-state index contributed by atoms with van der Waals surface area (Å²) in [5.74, 6) is -0.0641. The SMILES string of the molecule is COC(=O)c1nc2nc(N)ccc2s1. The summed E-state index contributed by atoms with van der Waals surface area (Å²) in [6, 6.07) is 3.45. The number of hydrogen-bond acceptors (Lipinski definition) is 6. The lowest BCUT2D eigenvalue weighted by Gasteiger charge is -1.89. The van der Waals surface area contributed by atoms with Crippen molar-refractivity contribution in [3.8, 4) is 0 Å². The number of carbonyl (C=O) groups is 1. The van der Waals surface area contributed by atoms with Crippen molar-refractivity contribution >= 4 is 33.5 Å². The maximum Gasteiger partial charge on any atom is 0.367 e. The molecule has 0 amide bonds. The summed E-state index contributed by atoms with van der Waals surface area (Å²) in [4.78, 5) is 19.1. The van der Waals surface area contributed by atoms with Crippen LogP contribution in [-0.4, -0.2) is 23.0 Å². The molecule has 0 unspecified atom stereocenters. The van der Waals surface area contributed by atoms with Crippen LogP contribution in [0.25, 0.3) is 10.3 Å². The highest BCUT2D eigenvalue weighted by Gasteiger charge is 2.12. The monoisotopic (exact) mass is 209 g/mol. The molecule has 14 heavy (non-hydrogen) atoms. The van der Waals surface area contributed by atoms with Crippen molar-refractivity contribution in [1.82, 2.24) is 9.97 Å². The molecule has 0 saturated heterocycles. The topological polar surface area (TPSA) is 78.1 Å². The van der Waals surface area contributed by atoms with Gasteiger partial charge in [-0.05, 0) is 12.1 Å². The minimum atomic E-state index is -0.452. The molecule has 5 nitrogen and oxygen atoms in total. The molecular weight excluding hydrogens is 202 g/mol. The van der Waals surface area contributed by atoms with E-state index in [0.29, 0.717) is 16.5 Å². The molecule has 0 radical (unpaired) electrons. The van der Waals surface area contributed by atoms with Crippen LogP contribution in [0.1, 0.15) is 9.80 Å². The summed E-state index contributed by atoms with van der Waals surface area (Å²) in [5, 5.41) is 0.292. The number of esters is 1. The third-order valence-corrected chi connectivity index (χ3v) is 2.62. The number of ether oxygens (including phenoxy) is 1. The fraction of sp³-hybridized carbons (Fsp3) is 0.125. The van der Waals surface area contributed by atoms with E-state index >= 15 is 0 Å². The van der Waals surface area contributed by atoms with Crippen molar-refractivity contribution in [3.05, 3.63) is 17.1 Å². The van der Waals surface area contributed by atoms with E-state index in [1.165, 1.54) is 18.4 Å². The first kappa shape index (κ1) is 8.89. The summed E-state index contributed by atoms with van der Waals surface area (Å²) in [7, 11) is 1.32. The quantitative estimate of drug-likeness (QED) is 0.710. The fourth-order valence-electron chi connectivity index (χ4n) is 1.01. The van der Waals surface area contributed by atoms with Crippen LogP contribution in [0.5, 0.6) is 0 Å². The zero-order valence-electron chi connectivity index (χ0n) is 7.35. The summed E-state index contributed by atoms with van der Waals surface area (Å²) >= 11 is 1.23. The zero-order valence-corrected chi connectivity index (χ0v) is 8.17. The Labute approximate surface area is 83.5 Å². The molecule has 2 aromatic rings. The highest BCUT2D eigenvalue weighted by molar-refractivity contribution is 7.20. The number of rotatable bonds is 1. The first-order valence-corrected chi connectivity index (χ1v) is 4.64. The lowest BCUT2D eigenvalue weighted by Crippen LogP contribution is -1.99. The van der Waals surface area contributed by atoms with Gasteiger partial charge in [-0.1, -0.05) is 0 Å². The minimum absolute atomic E-state index is 0.292. The third kappa shape index (κ3) is 1.39. The molecule has 0 spiro atoms. The molecule has 0 fully saturated rings. The van der Waals surface area contributed by atoms with Gasteiger partial charge in [0.25, 0.3) is 0 Å². The van der Waals surface area contributed by atoms with Gasteiger partial charge in [0, 0.05) is 0 Å². The van der Waals surface area contributed by atoms with Gasteiger partial charge in [0.2, 0.25) is 5.01 Å². The summed E-state index contributed by atoms with van der Waals surface area (Å²) in [5.41, 5.74) is 5.96. The summed E-state index contributed by atoms with van der Waals surface area (Å²) in [6.45, 7) is 0. The number of aromatic nitrogens is 2. The van der Waals surface area contributed by atoms with Gasteiger partial charge in [-0.25, -0.2) is 14.8 Å². The summed E-state index contributed by atoms with van der Waals surface area (Å²) < 4.78 is 5.37. The van der Waals surface area contributed by atoms with E-state index in [1.807, 2.05) is 0 Å². The molecule has 2 N–H and O–H groups in total. The second-order valence-electron chi connectivity index (χ2n) is 2.57. The molecule has 72 valence electrons. The molecule has 0 aliphatic heterocycles. The van der Waals surface area contributed by atoms with Crippen LogP contribution in [0.4, 0.5) is 5.82 Å². The number of nitrogens with zero attached hydrogens (tertiary/aromatic N) is 2. The van der Waals surface area contributed by atoms with Crippen molar-refractivity contribution < 1.29 is 9.53 Å². The van der Waals surface area contributed by atoms with E-state index in [1.54, 1.807) is 12.1 Å². The van der Waals surface area contributed by atoms with E-state index in [0.717, 1.165) is 4.70 Å². The maximum absolute atomic E-state index is 11.1. The van der Waals surface area contributed by atoms with Crippen molar-refractivity contribution in [2.75, 3.05) is 12.8 Å². The molecule has 0 aliphatic carbocycles. The Hall–Kier alpha value is -1.69. The Bertz CT molecular complexity index is 494. The highest BCUT2D eigenvalue weighted by Crippen LogP contribution is 2.21. The number of hydrogen-bond donors (Lipinski definition) is 1. The van der Waals surface area contributed by atoms with Gasteiger partial charge in [0.05, 0.1) is 11.8 Å². The van der Waals surface area contributed by atoms with Gasteiger partial charge in [0.15, 0.2) is 5.65 Å². The summed E-state index contributed by atoms with van der Waals surface area (Å²) in [6.07, 6.45) is 0. The molecule has 0 aromatic carbocycles. The van der Waals surface area contributed by atoms with Crippen LogP contribution in [0, 0.1) is 0 Å². The van der Waals surface area contributed by atoms with Crippen LogP contribution in [0.2, 0.25) is 0 Å². The van der Waals surface area contributed by atoms with E-state index in [2.05, 4.69) is 14.7 Å². The fourth-order valence-corrected chi connectivity index (χ4v) is 1.83. The number of carbonyl (C=O) groups excluding carboxylic acids is 1. The average Bonchev–Trinajstić information content (AvgIpc) is 2.59.